The summed E-state index contributed by atoms with van der Waals surface area (Å²) in [6.45, 7) is 7.97. The number of benzene rings is 1. The minimum atomic E-state index is 0.767. The first-order valence-corrected chi connectivity index (χ1v) is 8.39. The summed E-state index contributed by atoms with van der Waals surface area (Å²) >= 11 is 0. The van der Waals surface area contributed by atoms with Gasteiger partial charge in [0.15, 0.2) is 0 Å². The molecular weight excluding hydrogens is 242 g/mol. The molecule has 0 spiro atoms. The van der Waals surface area contributed by atoms with Crippen molar-refractivity contribution in [3.05, 3.63) is 35.4 Å². The molecule has 0 aliphatic rings. The number of rotatable bonds is 10. The van der Waals surface area contributed by atoms with E-state index in [1.165, 1.54) is 49.7 Å². The van der Waals surface area contributed by atoms with Crippen molar-refractivity contribution in [2.24, 2.45) is 11.8 Å². The lowest BCUT2D eigenvalue weighted by atomic mass is 9.85. The second kappa shape index (κ2) is 9.99. The zero-order valence-electron chi connectivity index (χ0n) is 13.9. The number of aryl methyl sites for hydroxylation is 1. The van der Waals surface area contributed by atoms with Crippen molar-refractivity contribution in [2.45, 2.75) is 59.3 Å². The molecule has 0 saturated heterocycles. The van der Waals surface area contributed by atoms with Gasteiger partial charge in [-0.05, 0) is 50.8 Å². The lowest BCUT2D eigenvalue weighted by Crippen LogP contribution is -2.23. The Hall–Kier alpha value is -0.820. The third kappa shape index (κ3) is 6.56. The molecule has 0 aliphatic heterocycles. The maximum atomic E-state index is 3.39. The van der Waals surface area contributed by atoms with Crippen LogP contribution < -0.4 is 5.32 Å². The Morgan fingerprint density at radius 2 is 1.95 bits per heavy atom. The predicted molar refractivity (Wildman–Crippen MR) is 90.2 cm³/mol. The van der Waals surface area contributed by atoms with Crippen LogP contribution in [0, 0.1) is 18.8 Å². The normalized spacial score (nSPS) is 14.2. The molecule has 0 aromatic heterocycles. The molecule has 20 heavy (non-hydrogen) atoms. The van der Waals surface area contributed by atoms with Crippen molar-refractivity contribution in [1.29, 1.82) is 0 Å². The summed E-state index contributed by atoms with van der Waals surface area (Å²) in [6.07, 6.45) is 8.02. The van der Waals surface area contributed by atoms with Crippen molar-refractivity contribution in [1.82, 2.24) is 5.32 Å². The molecule has 1 rings (SSSR count). The maximum absolute atomic E-state index is 3.39. The van der Waals surface area contributed by atoms with Gasteiger partial charge >= 0.3 is 0 Å². The average molecular weight is 275 g/mol. The summed E-state index contributed by atoms with van der Waals surface area (Å²) in [7, 11) is 2.08. The molecular formula is C19H33N. The van der Waals surface area contributed by atoms with Gasteiger partial charge in [0.25, 0.3) is 0 Å². The van der Waals surface area contributed by atoms with Gasteiger partial charge in [0.1, 0.15) is 0 Å². The van der Waals surface area contributed by atoms with Crippen LogP contribution in [0.5, 0.6) is 0 Å². The third-order valence-corrected chi connectivity index (χ3v) is 4.31. The highest BCUT2D eigenvalue weighted by Crippen LogP contribution is 2.24. The van der Waals surface area contributed by atoms with Gasteiger partial charge in [0.05, 0.1) is 0 Å². The van der Waals surface area contributed by atoms with E-state index >= 15 is 0 Å². The minimum Gasteiger partial charge on any atom is -0.319 e. The van der Waals surface area contributed by atoms with E-state index in [2.05, 4.69) is 57.4 Å². The fourth-order valence-electron chi connectivity index (χ4n) is 3.15. The molecule has 1 aromatic rings. The molecule has 114 valence electrons. The van der Waals surface area contributed by atoms with Crippen molar-refractivity contribution in [3.63, 3.8) is 0 Å². The van der Waals surface area contributed by atoms with Gasteiger partial charge in [-0.1, -0.05) is 69.4 Å². The monoisotopic (exact) mass is 275 g/mol. The Balaban J connectivity index is 2.58. The lowest BCUT2D eigenvalue weighted by molar-refractivity contribution is 0.329. The van der Waals surface area contributed by atoms with E-state index < -0.39 is 0 Å². The fourth-order valence-corrected chi connectivity index (χ4v) is 3.15. The summed E-state index contributed by atoms with van der Waals surface area (Å²) in [6, 6.07) is 9.00. The number of hydrogen-bond donors (Lipinski definition) is 1. The van der Waals surface area contributed by atoms with Crippen molar-refractivity contribution >= 4 is 0 Å². The Labute approximate surface area is 126 Å². The van der Waals surface area contributed by atoms with Crippen LogP contribution in [0.1, 0.15) is 57.1 Å². The van der Waals surface area contributed by atoms with Crippen LogP contribution in [0.15, 0.2) is 24.3 Å². The van der Waals surface area contributed by atoms with E-state index in [9.17, 15) is 0 Å². The van der Waals surface area contributed by atoms with E-state index in [0.29, 0.717) is 0 Å². The first-order chi connectivity index (χ1) is 9.69. The number of hydrogen-bond acceptors (Lipinski definition) is 1. The van der Waals surface area contributed by atoms with Gasteiger partial charge in [-0.15, -0.1) is 0 Å². The van der Waals surface area contributed by atoms with Crippen molar-refractivity contribution < 1.29 is 0 Å². The van der Waals surface area contributed by atoms with Gasteiger partial charge in [-0.3, -0.25) is 0 Å². The second-order valence-corrected chi connectivity index (χ2v) is 6.27. The Morgan fingerprint density at radius 1 is 1.15 bits per heavy atom. The van der Waals surface area contributed by atoms with Crippen LogP contribution in [-0.2, 0) is 6.42 Å². The predicted octanol–water partition coefficient (Wildman–Crippen LogP) is 4.98. The van der Waals surface area contributed by atoms with Crippen LogP contribution in [0.3, 0.4) is 0 Å². The van der Waals surface area contributed by atoms with Crippen LogP contribution in [0.4, 0.5) is 0 Å². The summed E-state index contributed by atoms with van der Waals surface area (Å²) in [5.74, 6) is 1.67. The fraction of sp³-hybridized carbons (Fsp3) is 0.684. The first kappa shape index (κ1) is 17.2. The van der Waals surface area contributed by atoms with Crippen molar-refractivity contribution in [3.8, 4) is 0 Å². The summed E-state index contributed by atoms with van der Waals surface area (Å²) in [4.78, 5) is 0. The van der Waals surface area contributed by atoms with E-state index in [1.54, 1.807) is 0 Å². The van der Waals surface area contributed by atoms with Gasteiger partial charge in [0.2, 0.25) is 0 Å². The molecule has 0 saturated carbocycles. The molecule has 0 heterocycles. The molecule has 0 aliphatic carbocycles. The van der Waals surface area contributed by atoms with Crippen LogP contribution in [0.25, 0.3) is 0 Å². The number of nitrogens with one attached hydrogen (secondary N) is 1. The highest BCUT2D eigenvalue weighted by molar-refractivity contribution is 5.22. The Morgan fingerprint density at radius 3 is 2.55 bits per heavy atom. The molecule has 0 fully saturated rings. The minimum absolute atomic E-state index is 0.767. The molecule has 0 amide bonds. The largest absolute Gasteiger partial charge is 0.319 e. The smallest absolute Gasteiger partial charge is 0.00202 e. The summed E-state index contributed by atoms with van der Waals surface area (Å²) in [5, 5.41) is 3.39. The third-order valence-electron chi connectivity index (χ3n) is 4.31. The van der Waals surface area contributed by atoms with Crippen LogP contribution in [-0.4, -0.2) is 13.6 Å². The van der Waals surface area contributed by atoms with Gasteiger partial charge in [-0.2, -0.15) is 0 Å². The SMILES string of the molecule is CCCCC(CC)CC(CNC)Cc1cccc(C)c1. The average Bonchev–Trinajstić information content (AvgIpc) is 2.43. The molecule has 1 aromatic carbocycles. The van der Waals surface area contributed by atoms with E-state index in [-0.39, 0.29) is 0 Å². The van der Waals surface area contributed by atoms with E-state index in [1.807, 2.05) is 0 Å². The molecule has 0 bridgehead atoms. The number of unbranched alkanes of at least 4 members (excludes halogenated alkanes) is 1. The second-order valence-electron chi connectivity index (χ2n) is 6.27. The molecule has 0 radical (unpaired) electrons. The summed E-state index contributed by atoms with van der Waals surface area (Å²) < 4.78 is 0. The Kier molecular flexibility index (Phi) is 8.60. The molecule has 1 heteroatoms. The molecule has 2 atom stereocenters. The molecule has 2 unspecified atom stereocenters. The Bertz CT molecular complexity index is 359. The quantitative estimate of drug-likeness (QED) is 0.635. The summed E-state index contributed by atoms with van der Waals surface area (Å²) in [5.41, 5.74) is 2.87. The standard InChI is InChI=1S/C19H33N/c1-5-7-10-17(6-2)13-19(15-20-4)14-18-11-8-9-16(3)12-18/h8-9,11-12,17,19-20H,5-7,10,13-15H2,1-4H3. The van der Waals surface area contributed by atoms with Gasteiger partial charge < -0.3 is 5.32 Å². The van der Waals surface area contributed by atoms with Crippen LogP contribution in [0.2, 0.25) is 0 Å². The first-order valence-electron chi connectivity index (χ1n) is 8.39. The van der Waals surface area contributed by atoms with E-state index in [0.717, 1.165) is 18.4 Å². The highest BCUT2D eigenvalue weighted by Gasteiger charge is 2.15. The van der Waals surface area contributed by atoms with Crippen LogP contribution >= 0.6 is 0 Å². The van der Waals surface area contributed by atoms with E-state index in [4.69, 9.17) is 0 Å². The molecule has 1 N–H and O–H groups in total. The highest BCUT2D eigenvalue weighted by atomic mass is 14.8. The lowest BCUT2D eigenvalue weighted by Gasteiger charge is -2.23. The molecule has 1 nitrogen and oxygen atoms in total. The topological polar surface area (TPSA) is 12.0 Å². The zero-order valence-corrected chi connectivity index (χ0v) is 13.9. The van der Waals surface area contributed by atoms with Gasteiger partial charge in [-0.25, -0.2) is 0 Å². The van der Waals surface area contributed by atoms with Gasteiger partial charge in [0, 0.05) is 0 Å². The maximum Gasteiger partial charge on any atom is -0.00202 e. The van der Waals surface area contributed by atoms with Crippen molar-refractivity contribution in [2.75, 3.05) is 13.6 Å². The zero-order chi connectivity index (χ0) is 14.8.